The molecular weight excluding hydrogens is 351 g/mol. The highest BCUT2D eigenvalue weighted by Crippen LogP contribution is 2.26. The van der Waals surface area contributed by atoms with Gasteiger partial charge >= 0.3 is 0 Å². The number of hydrogen-bond acceptors (Lipinski definition) is 3. The van der Waals surface area contributed by atoms with Gasteiger partial charge in [-0.1, -0.05) is 42.5 Å². The third kappa shape index (κ3) is 5.62. The van der Waals surface area contributed by atoms with Crippen LogP contribution >= 0.6 is 0 Å². The van der Waals surface area contributed by atoms with Crippen LogP contribution in [0.25, 0.3) is 0 Å². The van der Waals surface area contributed by atoms with Crippen molar-refractivity contribution < 1.29 is 12.8 Å². The maximum Gasteiger partial charge on any atom is 0.215 e. The molecule has 1 atom stereocenters. The molecule has 0 radical (unpaired) electrons. The smallest absolute Gasteiger partial charge is 0.215 e. The van der Waals surface area contributed by atoms with Gasteiger partial charge in [0, 0.05) is 19.6 Å². The molecule has 1 fully saturated rings. The van der Waals surface area contributed by atoms with Crippen LogP contribution in [0.4, 0.5) is 4.39 Å². The zero-order valence-corrected chi connectivity index (χ0v) is 15.6. The average Bonchev–Trinajstić information content (AvgIpc) is 2.64. The number of nitrogens with one attached hydrogen (secondary N) is 1. The fourth-order valence-electron chi connectivity index (χ4n) is 3.47. The number of halogens is 1. The lowest BCUT2D eigenvalue weighted by atomic mass is 9.91. The molecule has 0 spiro atoms. The lowest BCUT2D eigenvalue weighted by Gasteiger charge is -2.33. The zero-order chi connectivity index (χ0) is 18.4. The summed E-state index contributed by atoms with van der Waals surface area (Å²) in [6, 6.07) is 16.1. The highest BCUT2D eigenvalue weighted by molar-refractivity contribution is 7.88. The second-order valence-corrected chi connectivity index (χ2v) is 8.64. The van der Waals surface area contributed by atoms with Gasteiger partial charge in [-0.3, -0.25) is 0 Å². The van der Waals surface area contributed by atoms with E-state index in [1.54, 1.807) is 0 Å². The number of hydrogen-bond donors (Lipinski definition) is 1. The molecule has 0 aromatic heterocycles. The van der Waals surface area contributed by atoms with Gasteiger partial charge in [-0.05, 0) is 48.6 Å². The van der Waals surface area contributed by atoms with E-state index in [1.165, 1.54) is 36.2 Å². The van der Waals surface area contributed by atoms with Gasteiger partial charge in [0.25, 0.3) is 0 Å². The largest absolute Gasteiger partial charge is 0.301 e. The Labute approximate surface area is 155 Å². The Morgan fingerprint density at radius 2 is 1.81 bits per heavy atom. The second kappa shape index (κ2) is 8.75. The van der Waals surface area contributed by atoms with Crippen LogP contribution in [0.5, 0.6) is 0 Å². The average molecular weight is 376 g/mol. The monoisotopic (exact) mass is 376 g/mol. The molecule has 2 aromatic rings. The lowest BCUT2D eigenvalue weighted by Crippen LogP contribution is -2.40. The van der Waals surface area contributed by atoms with Crippen LogP contribution in [0.2, 0.25) is 0 Å². The predicted octanol–water partition coefficient (Wildman–Crippen LogP) is 3.12. The van der Waals surface area contributed by atoms with E-state index < -0.39 is 10.0 Å². The van der Waals surface area contributed by atoms with Crippen molar-refractivity contribution in [2.75, 3.05) is 26.2 Å². The Morgan fingerprint density at radius 1 is 1.08 bits per heavy atom. The molecule has 2 aromatic carbocycles. The van der Waals surface area contributed by atoms with Crippen molar-refractivity contribution in [3.05, 3.63) is 71.5 Å². The molecule has 1 N–H and O–H groups in total. The molecule has 1 saturated heterocycles. The number of piperidine rings is 1. The summed E-state index contributed by atoms with van der Waals surface area (Å²) >= 11 is 0. The minimum absolute atomic E-state index is 0.125. The lowest BCUT2D eigenvalue weighted by molar-refractivity contribution is 0.211. The first-order valence-electron chi connectivity index (χ1n) is 9.01. The summed E-state index contributed by atoms with van der Waals surface area (Å²) in [4.78, 5) is 2.32. The van der Waals surface area contributed by atoms with Crippen molar-refractivity contribution in [2.45, 2.75) is 24.5 Å². The molecule has 0 aliphatic carbocycles. The minimum Gasteiger partial charge on any atom is -0.301 e. The molecule has 0 amide bonds. The van der Waals surface area contributed by atoms with Crippen LogP contribution in [-0.4, -0.2) is 39.5 Å². The van der Waals surface area contributed by atoms with E-state index in [1.807, 2.05) is 6.07 Å². The first-order chi connectivity index (χ1) is 12.5. The predicted molar refractivity (Wildman–Crippen MR) is 102 cm³/mol. The summed E-state index contributed by atoms with van der Waals surface area (Å²) in [5.74, 6) is 0.0258. The molecular formula is C20H25FN2O2S. The van der Waals surface area contributed by atoms with Gasteiger partial charge in [-0.15, -0.1) is 0 Å². The number of likely N-dealkylation sites (tertiary alicyclic amines) is 1. The summed E-state index contributed by atoms with van der Waals surface area (Å²) in [6.45, 7) is 3.06. The fourth-order valence-corrected chi connectivity index (χ4v) is 4.60. The van der Waals surface area contributed by atoms with E-state index in [9.17, 15) is 12.8 Å². The van der Waals surface area contributed by atoms with Crippen LogP contribution in [-0.2, 0) is 15.8 Å². The Hall–Kier alpha value is -1.76. The summed E-state index contributed by atoms with van der Waals surface area (Å²) in [5, 5.41) is 0. The summed E-state index contributed by atoms with van der Waals surface area (Å²) in [5.41, 5.74) is 1.94. The minimum atomic E-state index is -3.41. The van der Waals surface area contributed by atoms with Gasteiger partial charge < -0.3 is 4.90 Å². The summed E-state index contributed by atoms with van der Waals surface area (Å²) in [7, 11) is -3.41. The molecule has 0 saturated carbocycles. The van der Waals surface area contributed by atoms with Gasteiger partial charge in [-0.25, -0.2) is 17.5 Å². The second-order valence-electron chi connectivity index (χ2n) is 6.83. The van der Waals surface area contributed by atoms with E-state index >= 15 is 0 Å². The SMILES string of the molecule is O=S(=O)(Cc1ccc(F)cc1)NCCN1CCC[C@@H](c2ccccc2)C1. The van der Waals surface area contributed by atoms with E-state index in [4.69, 9.17) is 0 Å². The van der Waals surface area contributed by atoms with Crippen molar-refractivity contribution in [1.29, 1.82) is 0 Å². The van der Waals surface area contributed by atoms with Crippen molar-refractivity contribution >= 4 is 10.0 Å². The third-order valence-corrected chi connectivity index (χ3v) is 6.15. The Morgan fingerprint density at radius 3 is 2.54 bits per heavy atom. The van der Waals surface area contributed by atoms with E-state index in [0.717, 1.165) is 19.5 Å². The molecule has 4 nitrogen and oxygen atoms in total. The molecule has 1 heterocycles. The first kappa shape index (κ1) is 19.0. The van der Waals surface area contributed by atoms with Crippen LogP contribution in [0.15, 0.2) is 54.6 Å². The summed E-state index contributed by atoms with van der Waals surface area (Å²) in [6.07, 6.45) is 2.30. The van der Waals surface area contributed by atoms with Gasteiger partial charge in [0.1, 0.15) is 5.82 Å². The number of benzene rings is 2. The van der Waals surface area contributed by atoms with E-state index in [2.05, 4.69) is 33.9 Å². The molecule has 0 bridgehead atoms. The molecule has 0 unspecified atom stereocenters. The standard InChI is InChI=1S/C20H25FN2O2S/c21-20-10-8-17(9-11-20)16-26(24,25)22-12-14-23-13-4-7-19(15-23)18-5-2-1-3-6-18/h1-3,5-6,8-11,19,22H,4,7,12-16H2/t19-/m1/s1. The quantitative estimate of drug-likeness (QED) is 0.808. The van der Waals surface area contributed by atoms with E-state index in [0.29, 0.717) is 24.6 Å². The van der Waals surface area contributed by atoms with Crippen LogP contribution in [0, 0.1) is 5.82 Å². The Balaban J connectivity index is 1.47. The fraction of sp³-hybridized carbons (Fsp3) is 0.400. The van der Waals surface area contributed by atoms with Gasteiger partial charge in [-0.2, -0.15) is 0 Å². The highest BCUT2D eigenvalue weighted by atomic mass is 32.2. The van der Waals surface area contributed by atoms with Crippen LogP contribution in [0.3, 0.4) is 0 Å². The maximum absolute atomic E-state index is 12.9. The molecule has 140 valence electrons. The summed E-state index contributed by atoms with van der Waals surface area (Å²) < 4.78 is 40.0. The van der Waals surface area contributed by atoms with E-state index in [-0.39, 0.29) is 11.6 Å². The first-order valence-corrected chi connectivity index (χ1v) is 10.7. The molecule has 6 heteroatoms. The normalized spacial score (nSPS) is 18.7. The number of rotatable bonds is 7. The molecule has 3 rings (SSSR count). The van der Waals surface area contributed by atoms with Gasteiger partial charge in [0.2, 0.25) is 10.0 Å². The van der Waals surface area contributed by atoms with Crippen molar-refractivity contribution in [3.63, 3.8) is 0 Å². The van der Waals surface area contributed by atoms with Crippen LogP contribution in [0.1, 0.15) is 29.9 Å². The van der Waals surface area contributed by atoms with Gasteiger partial charge in [0.05, 0.1) is 5.75 Å². The Bertz CT molecular complexity index is 794. The zero-order valence-electron chi connectivity index (χ0n) is 14.8. The molecule has 1 aliphatic heterocycles. The third-order valence-electron chi connectivity index (χ3n) is 4.80. The number of nitrogens with zero attached hydrogens (tertiary/aromatic N) is 1. The van der Waals surface area contributed by atoms with Crippen molar-refractivity contribution in [2.24, 2.45) is 0 Å². The maximum atomic E-state index is 12.9. The number of sulfonamides is 1. The molecule has 26 heavy (non-hydrogen) atoms. The van der Waals surface area contributed by atoms with Gasteiger partial charge in [0.15, 0.2) is 0 Å². The Kier molecular flexibility index (Phi) is 6.40. The van der Waals surface area contributed by atoms with Crippen LogP contribution < -0.4 is 4.72 Å². The highest BCUT2D eigenvalue weighted by Gasteiger charge is 2.21. The van der Waals surface area contributed by atoms with Crippen molar-refractivity contribution in [1.82, 2.24) is 9.62 Å². The van der Waals surface area contributed by atoms with Crippen molar-refractivity contribution in [3.8, 4) is 0 Å². The topological polar surface area (TPSA) is 49.4 Å². The molecule has 1 aliphatic rings.